The number of aryl methyl sites for hydroxylation is 6. The first-order valence-electron chi connectivity index (χ1n) is 27.7. The molecule has 6 aromatic heterocycles. The van der Waals surface area contributed by atoms with Gasteiger partial charge in [-0.05, 0) is 222 Å². The van der Waals surface area contributed by atoms with Crippen LogP contribution >= 0.6 is 0 Å². The molecule has 17 heteroatoms. The molecule has 85 heavy (non-hydrogen) atoms. The molecule has 4 aliphatic rings. The number of rotatable bonds is 16. The van der Waals surface area contributed by atoms with Crippen LogP contribution in [0.25, 0.3) is 101 Å². The van der Waals surface area contributed by atoms with Crippen LogP contribution in [0, 0.1) is 27.7 Å². The van der Waals surface area contributed by atoms with Crippen LogP contribution in [0.15, 0.2) is 87.0 Å². The summed E-state index contributed by atoms with van der Waals surface area (Å²) in [5.41, 5.74) is 26.5. The summed E-state index contributed by atoms with van der Waals surface area (Å²) >= 11 is 0. The number of fused-ring (bicyclic) bond motifs is 16. The third-order valence-electron chi connectivity index (χ3n) is 16.4. The van der Waals surface area contributed by atoms with Crippen LogP contribution in [-0.4, -0.2) is 63.7 Å². The zero-order chi connectivity index (χ0) is 60.6. The number of H-pyrrole nitrogens is 4. The molecule has 10 rings (SSSR count). The van der Waals surface area contributed by atoms with Gasteiger partial charge in [0, 0.05) is 90.3 Å². The number of carboxylic acid groups (broad SMARTS) is 4. The average Bonchev–Trinajstić information content (AvgIpc) is 1.94. The van der Waals surface area contributed by atoms with E-state index in [1.54, 1.807) is 12.2 Å². The molecular weight excluding hydrogens is 1100 g/mol. The Bertz CT molecular complexity index is 4120. The van der Waals surface area contributed by atoms with E-state index in [0.29, 0.717) is 33.8 Å². The van der Waals surface area contributed by atoms with E-state index >= 15 is 0 Å². The molecule has 6 aromatic rings. The molecule has 4 N–H and O–H groups in total. The maximum atomic E-state index is 11.4. The Morgan fingerprint density at radius 1 is 0.365 bits per heavy atom. The van der Waals surface area contributed by atoms with Crippen LogP contribution in [-0.2, 0) is 53.7 Å². The summed E-state index contributed by atoms with van der Waals surface area (Å²) in [7, 11) is 0. The topological polar surface area (TPSA) is 275 Å². The fourth-order valence-corrected chi connectivity index (χ4v) is 11.5. The van der Waals surface area contributed by atoms with Gasteiger partial charge in [-0.25, -0.2) is 19.9 Å². The van der Waals surface area contributed by atoms with E-state index in [-0.39, 0.29) is 73.1 Å². The number of nitrogens with one attached hydrogen (secondary N) is 4. The van der Waals surface area contributed by atoms with Gasteiger partial charge in [0.2, 0.25) is 0 Å². The van der Waals surface area contributed by atoms with Crippen molar-refractivity contribution in [2.45, 2.75) is 107 Å². The molecule has 0 fully saturated rings. The number of carbonyl (C=O) groups is 4. The van der Waals surface area contributed by atoms with E-state index in [0.717, 1.165) is 145 Å². The number of carbonyl (C=O) groups excluding carboxylic acids is 4. The maximum absolute atomic E-state index is 11.4. The van der Waals surface area contributed by atoms with Crippen LogP contribution in [0.3, 0.4) is 0 Å². The molecule has 0 aliphatic carbocycles. The van der Waals surface area contributed by atoms with Crippen LogP contribution < -0.4 is 20.4 Å². The number of allylic oxidation sites excluding steroid dienone is 10. The van der Waals surface area contributed by atoms with Gasteiger partial charge in [0.1, 0.15) is 0 Å². The van der Waals surface area contributed by atoms with Crippen LogP contribution in [0.1, 0.15) is 156 Å². The molecule has 0 aromatic carbocycles. The molecule has 0 unspecified atom stereocenters. The second kappa shape index (κ2) is 25.3. The first kappa shape index (κ1) is 61.8. The van der Waals surface area contributed by atoms with Gasteiger partial charge in [0.25, 0.3) is 0 Å². The molecule has 0 saturated heterocycles. The number of aromatic amines is 4. The van der Waals surface area contributed by atoms with E-state index < -0.39 is 23.9 Å². The summed E-state index contributed by atoms with van der Waals surface area (Å²) in [6, 6.07) is 15.6. The Balaban J connectivity index is 0.000000219. The third kappa shape index (κ3) is 12.4. The van der Waals surface area contributed by atoms with Crippen LogP contribution in [0.4, 0.5) is 0 Å². The van der Waals surface area contributed by atoms with E-state index in [1.807, 2.05) is 116 Å². The average molecular weight is 1170 g/mol. The zero-order valence-electron chi connectivity index (χ0n) is 49.0. The predicted molar refractivity (Wildman–Crippen MR) is 327 cm³/mol. The molecule has 428 valence electrons. The van der Waals surface area contributed by atoms with Gasteiger partial charge in [0.15, 0.2) is 0 Å². The first-order valence-corrected chi connectivity index (χ1v) is 27.7. The van der Waals surface area contributed by atoms with E-state index in [9.17, 15) is 39.6 Å². The number of carboxylic acids is 4. The molecule has 0 atom stereocenters. The number of aromatic nitrogens is 8. The van der Waals surface area contributed by atoms with Crippen molar-refractivity contribution in [1.29, 1.82) is 0 Å². The summed E-state index contributed by atoms with van der Waals surface area (Å²) in [4.78, 5) is 79.3. The van der Waals surface area contributed by atoms with Crippen LogP contribution in [0.2, 0.25) is 0 Å². The predicted octanol–water partition coefficient (Wildman–Crippen LogP) is 9.67. The van der Waals surface area contributed by atoms with E-state index in [4.69, 9.17) is 19.9 Å². The second-order valence-electron chi connectivity index (χ2n) is 21.4. The normalized spacial score (nSPS) is 12.9. The smallest absolute Gasteiger partial charge is 0.550 e. The minimum atomic E-state index is -1.14. The number of hydrogen-bond acceptors (Lipinski definition) is 12. The fraction of sp³-hybridized carbons (Fsp3) is 0.235. The molecule has 16 bridgehead atoms. The number of hydrogen-bond donors (Lipinski definition) is 4. The van der Waals surface area contributed by atoms with Crippen molar-refractivity contribution >= 4 is 125 Å². The van der Waals surface area contributed by atoms with Gasteiger partial charge >= 0.3 is 21.7 Å². The molecule has 0 saturated carbocycles. The second-order valence-corrected chi connectivity index (χ2v) is 21.4. The Labute approximate surface area is 507 Å². The molecule has 10 heterocycles. The third-order valence-corrected chi connectivity index (χ3v) is 16.4. The molecular formula is C68H64N8O8Ti. The minimum Gasteiger partial charge on any atom is -0.550 e. The van der Waals surface area contributed by atoms with Crippen molar-refractivity contribution in [3.05, 3.63) is 177 Å². The van der Waals surface area contributed by atoms with Crippen LogP contribution in [0.5, 0.6) is 0 Å². The molecule has 0 radical (unpaired) electrons. The van der Waals surface area contributed by atoms with Gasteiger partial charge in [-0.2, -0.15) is 0 Å². The summed E-state index contributed by atoms with van der Waals surface area (Å²) in [6.07, 6.45) is 7.62. The van der Waals surface area contributed by atoms with Crippen molar-refractivity contribution < 1.29 is 61.3 Å². The Kier molecular flexibility index (Phi) is 18.4. The quantitative estimate of drug-likeness (QED) is 0.0659. The van der Waals surface area contributed by atoms with Crippen molar-refractivity contribution in [3.8, 4) is 0 Å². The largest absolute Gasteiger partial charge is 4.00 e. The maximum Gasteiger partial charge on any atom is 4.00 e. The van der Waals surface area contributed by atoms with Gasteiger partial charge in [-0.15, -0.1) is 0 Å². The molecule has 16 nitrogen and oxygen atoms in total. The van der Waals surface area contributed by atoms with Gasteiger partial charge in [-0.1, -0.05) is 50.6 Å². The summed E-state index contributed by atoms with van der Waals surface area (Å²) < 4.78 is 0. The summed E-state index contributed by atoms with van der Waals surface area (Å²) in [5, 5.41) is 45.6. The molecule has 0 amide bonds. The fourth-order valence-electron chi connectivity index (χ4n) is 11.5. The van der Waals surface area contributed by atoms with Gasteiger partial charge < -0.3 is 59.5 Å². The molecule has 0 spiro atoms. The Morgan fingerprint density at radius 2 is 0.635 bits per heavy atom. The first-order chi connectivity index (χ1) is 40.0. The summed E-state index contributed by atoms with van der Waals surface area (Å²) in [5.74, 6) is -4.56. The molecule has 4 aliphatic heterocycles. The monoisotopic (exact) mass is 1170 g/mol. The van der Waals surface area contributed by atoms with Crippen molar-refractivity contribution in [1.82, 2.24) is 39.9 Å². The zero-order valence-corrected chi connectivity index (χ0v) is 50.5. The minimum absolute atomic E-state index is 0. The van der Waals surface area contributed by atoms with Crippen molar-refractivity contribution in [2.75, 3.05) is 0 Å². The standard InChI is InChI=1S/2C34H34N4O4.Ti/c2*1-7-21-17(3)25-13-26-19(5)23(9-11-33(39)40)31(37-26)16-32-24(10-12-34(41)42)20(6)28(38-32)15-30-22(8-2)18(4)27(36-30)14-29(21)35-25;/h2*7-8,13-16,35,38H,1-2,9-12H2,3-6H3,(H,39,40)(H,41,42);/q;;+4/p-4. The van der Waals surface area contributed by atoms with Crippen molar-refractivity contribution in [3.63, 3.8) is 0 Å². The van der Waals surface area contributed by atoms with Crippen molar-refractivity contribution in [2.24, 2.45) is 0 Å². The summed E-state index contributed by atoms with van der Waals surface area (Å²) in [6.45, 7) is 31.9. The SMILES string of the molecule is C=CC1=C(C)c2cc3[nH]c(cc4nc(cc5[nH]c(cc1n2)c(C)c5CCC(=O)[O-])C(CCC(=O)[O-])=C4C)c(C)c3C=C.C=CC1=C(C)c2cc3[nH]c(cc4nc(cc5[nH]c(cc1n2)c(C)c5CCC(=O)[O-])C(CCC(=O)[O-])=C4C)c(C)c3C=C.[Ti+4]. The Morgan fingerprint density at radius 3 is 0.965 bits per heavy atom. The van der Waals surface area contributed by atoms with Gasteiger partial charge in [-0.3, -0.25) is 0 Å². The Hall–Kier alpha value is -9.25. The number of aliphatic carboxylic acids is 4. The van der Waals surface area contributed by atoms with E-state index in [2.05, 4.69) is 46.3 Å². The number of nitrogens with zero attached hydrogens (tertiary/aromatic N) is 4. The van der Waals surface area contributed by atoms with E-state index in [1.165, 1.54) is 0 Å². The van der Waals surface area contributed by atoms with Gasteiger partial charge in [0.05, 0.1) is 45.6 Å².